The number of carbonyl (C=O) groups is 1. The van der Waals surface area contributed by atoms with E-state index in [1.165, 1.54) is 4.57 Å². The molecule has 28 heavy (non-hydrogen) atoms. The number of halogens is 1. The van der Waals surface area contributed by atoms with Gasteiger partial charge in [0.1, 0.15) is 5.75 Å². The molecule has 0 atom stereocenters. The molecule has 0 aliphatic heterocycles. The van der Waals surface area contributed by atoms with Gasteiger partial charge in [0.15, 0.2) is 5.58 Å². The summed E-state index contributed by atoms with van der Waals surface area (Å²) in [7, 11) is 0. The fourth-order valence-electron chi connectivity index (χ4n) is 2.09. The van der Waals surface area contributed by atoms with Crippen molar-refractivity contribution in [2.45, 2.75) is 37.5 Å². The second-order valence-electron chi connectivity index (χ2n) is 6.57. The van der Waals surface area contributed by atoms with E-state index in [-0.39, 0.29) is 19.1 Å². The van der Waals surface area contributed by atoms with Gasteiger partial charge in [0.25, 0.3) is 0 Å². The molecule has 11 heteroatoms. The first kappa shape index (κ1) is 22.2. The predicted octanol–water partition coefficient (Wildman–Crippen LogP) is -0.0754. The van der Waals surface area contributed by atoms with Gasteiger partial charge in [-0.25, -0.2) is 4.79 Å². The molecule has 0 saturated heterocycles. The van der Waals surface area contributed by atoms with E-state index in [4.69, 9.17) is 46.9 Å². The van der Waals surface area contributed by atoms with Crippen LogP contribution in [0.4, 0.5) is 0 Å². The maximum absolute atomic E-state index is 11.7. The Morgan fingerprint density at radius 3 is 2.36 bits per heavy atom. The molecule has 1 fully saturated rings. The minimum Gasteiger partial charge on any atom is -0.489 e. The normalized spacial score (nSPS) is 13.9. The topological polar surface area (TPSA) is 168 Å². The van der Waals surface area contributed by atoms with Crippen LogP contribution in [0.25, 0.3) is 11.1 Å². The number of oxazole rings is 1. The standard InChI is InChI=1S/C13H12ClNO5.C4H11NO3/c14-8-5-9-11(6-10(8)19-7-1-2-7)20-13(18)15(9)4-3-12(16)17;5-4(1-6,2-7)3-8/h5-7H,1-4H2,(H,16,17);6-8H,1-3,5H2. The van der Waals surface area contributed by atoms with Crippen LogP contribution in [0.15, 0.2) is 21.3 Å². The highest BCUT2D eigenvalue weighted by molar-refractivity contribution is 6.32. The number of fused-ring (bicyclic) bond motifs is 1. The third-order valence-corrected chi connectivity index (χ3v) is 4.33. The van der Waals surface area contributed by atoms with E-state index in [2.05, 4.69) is 0 Å². The van der Waals surface area contributed by atoms with Crippen LogP contribution in [0.5, 0.6) is 5.75 Å². The third-order valence-electron chi connectivity index (χ3n) is 4.03. The highest BCUT2D eigenvalue weighted by Crippen LogP contribution is 2.34. The summed E-state index contributed by atoms with van der Waals surface area (Å²) in [6.07, 6.45) is 2.02. The smallest absolute Gasteiger partial charge is 0.419 e. The number of aliphatic hydroxyl groups excluding tert-OH is 3. The summed E-state index contributed by atoms with van der Waals surface area (Å²) in [5.74, 6) is -1.09. The van der Waals surface area contributed by atoms with Gasteiger partial charge in [0.05, 0.1) is 48.4 Å². The molecule has 0 amide bonds. The van der Waals surface area contributed by atoms with Gasteiger partial charge in [-0.05, 0) is 18.9 Å². The maximum atomic E-state index is 11.7. The zero-order valence-corrected chi connectivity index (χ0v) is 15.8. The molecule has 1 saturated carbocycles. The van der Waals surface area contributed by atoms with Crippen molar-refractivity contribution in [2.75, 3.05) is 19.8 Å². The SMILES string of the molecule is NC(CO)(CO)CO.O=C(O)CCn1c(=O)oc2cc(OC3CC3)c(Cl)cc21. The number of aliphatic hydroxyl groups is 3. The number of benzene rings is 1. The molecule has 1 heterocycles. The summed E-state index contributed by atoms with van der Waals surface area (Å²) in [4.78, 5) is 22.3. The number of hydrogen-bond acceptors (Lipinski definition) is 8. The van der Waals surface area contributed by atoms with Crippen LogP contribution in [0.2, 0.25) is 5.02 Å². The maximum Gasteiger partial charge on any atom is 0.419 e. The van der Waals surface area contributed by atoms with E-state index in [9.17, 15) is 9.59 Å². The van der Waals surface area contributed by atoms with Gasteiger partial charge in [0, 0.05) is 12.6 Å². The summed E-state index contributed by atoms with van der Waals surface area (Å²) < 4.78 is 12.0. The Balaban J connectivity index is 0.000000300. The molecule has 1 aromatic carbocycles. The number of nitrogens with zero attached hydrogens (tertiary/aromatic N) is 1. The van der Waals surface area contributed by atoms with Crippen LogP contribution < -0.4 is 16.2 Å². The summed E-state index contributed by atoms with van der Waals surface area (Å²) in [5.41, 5.74) is 4.76. The summed E-state index contributed by atoms with van der Waals surface area (Å²) in [6, 6.07) is 3.15. The van der Waals surface area contributed by atoms with E-state index in [1.807, 2.05) is 0 Å². The number of nitrogens with two attached hydrogens (primary N) is 1. The van der Waals surface area contributed by atoms with Crippen molar-refractivity contribution in [1.82, 2.24) is 4.57 Å². The lowest BCUT2D eigenvalue weighted by Gasteiger charge is -2.20. The Hall–Kier alpha value is -2.11. The number of aliphatic carboxylic acids is 1. The number of aryl methyl sites for hydroxylation is 1. The highest BCUT2D eigenvalue weighted by atomic mass is 35.5. The monoisotopic (exact) mass is 418 g/mol. The average Bonchev–Trinajstić information content (AvgIpc) is 3.43. The fraction of sp³-hybridized carbons (Fsp3) is 0.529. The van der Waals surface area contributed by atoms with Crippen LogP contribution in [-0.4, -0.2) is 62.4 Å². The molecule has 10 nitrogen and oxygen atoms in total. The average molecular weight is 419 g/mol. The first-order valence-corrected chi connectivity index (χ1v) is 8.93. The van der Waals surface area contributed by atoms with Crippen LogP contribution >= 0.6 is 11.6 Å². The van der Waals surface area contributed by atoms with Crippen molar-refractivity contribution >= 4 is 28.7 Å². The van der Waals surface area contributed by atoms with E-state index in [0.29, 0.717) is 21.9 Å². The molecule has 156 valence electrons. The highest BCUT2D eigenvalue weighted by Gasteiger charge is 2.25. The first-order chi connectivity index (χ1) is 13.2. The lowest BCUT2D eigenvalue weighted by atomic mass is 10.1. The number of carboxylic acid groups (broad SMARTS) is 1. The minimum absolute atomic E-state index is 0.0420. The summed E-state index contributed by atoms with van der Waals surface area (Å²) >= 11 is 6.12. The van der Waals surface area contributed by atoms with Gasteiger partial charge in [-0.1, -0.05) is 11.6 Å². The lowest BCUT2D eigenvalue weighted by Crippen LogP contribution is -2.50. The minimum atomic E-state index is -1.21. The largest absolute Gasteiger partial charge is 0.489 e. The third kappa shape index (κ3) is 5.69. The van der Waals surface area contributed by atoms with Crippen molar-refractivity contribution in [3.63, 3.8) is 0 Å². The van der Waals surface area contributed by atoms with Gasteiger partial charge in [-0.15, -0.1) is 0 Å². The molecular formula is C17H23ClN2O8. The van der Waals surface area contributed by atoms with Crippen LogP contribution in [-0.2, 0) is 11.3 Å². The Morgan fingerprint density at radius 2 is 1.89 bits per heavy atom. The van der Waals surface area contributed by atoms with E-state index >= 15 is 0 Å². The van der Waals surface area contributed by atoms with Crippen LogP contribution in [0.1, 0.15) is 19.3 Å². The molecule has 0 spiro atoms. The Kier molecular flexibility index (Phi) is 7.44. The van der Waals surface area contributed by atoms with E-state index < -0.39 is 37.1 Å². The summed E-state index contributed by atoms with van der Waals surface area (Å²) in [6.45, 7) is -1.17. The molecular weight excluding hydrogens is 396 g/mol. The lowest BCUT2D eigenvalue weighted by molar-refractivity contribution is -0.137. The molecule has 1 aliphatic rings. The zero-order chi connectivity index (χ0) is 20.9. The molecule has 1 aromatic heterocycles. The molecule has 6 N–H and O–H groups in total. The number of rotatable bonds is 8. The second-order valence-corrected chi connectivity index (χ2v) is 6.97. The van der Waals surface area contributed by atoms with Crippen LogP contribution in [0.3, 0.4) is 0 Å². The number of carboxylic acids is 1. The zero-order valence-electron chi connectivity index (χ0n) is 15.0. The quantitative estimate of drug-likeness (QED) is 0.393. The second kappa shape index (κ2) is 9.39. The van der Waals surface area contributed by atoms with Crippen molar-refractivity contribution in [1.29, 1.82) is 0 Å². The molecule has 1 aliphatic carbocycles. The van der Waals surface area contributed by atoms with E-state index in [1.54, 1.807) is 12.1 Å². The number of ether oxygens (including phenoxy) is 1. The van der Waals surface area contributed by atoms with Gasteiger partial charge >= 0.3 is 11.7 Å². The predicted molar refractivity (Wildman–Crippen MR) is 99.6 cm³/mol. The summed E-state index contributed by atoms with van der Waals surface area (Å²) in [5, 5.41) is 34.1. The van der Waals surface area contributed by atoms with Crippen molar-refractivity contribution in [2.24, 2.45) is 5.73 Å². The van der Waals surface area contributed by atoms with Crippen LogP contribution in [0, 0.1) is 0 Å². The van der Waals surface area contributed by atoms with Crippen molar-refractivity contribution < 1.29 is 34.4 Å². The Morgan fingerprint density at radius 1 is 1.29 bits per heavy atom. The molecule has 2 aromatic rings. The number of hydrogen-bond donors (Lipinski definition) is 5. The van der Waals surface area contributed by atoms with Gasteiger partial charge < -0.3 is 35.3 Å². The van der Waals surface area contributed by atoms with Gasteiger partial charge in [0.2, 0.25) is 0 Å². The molecule has 0 unspecified atom stereocenters. The number of aromatic nitrogens is 1. The Labute approximate surface area is 164 Å². The first-order valence-electron chi connectivity index (χ1n) is 8.56. The molecule has 3 rings (SSSR count). The molecule has 0 bridgehead atoms. The van der Waals surface area contributed by atoms with Gasteiger partial charge in [-0.2, -0.15) is 0 Å². The van der Waals surface area contributed by atoms with Crippen molar-refractivity contribution in [3.8, 4) is 5.75 Å². The van der Waals surface area contributed by atoms with E-state index in [0.717, 1.165) is 12.8 Å². The fourth-order valence-corrected chi connectivity index (χ4v) is 2.29. The van der Waals surface area contributed by atoms with Gasteiger partial charge in [-0.3, -0.25) is 9.36 Å². The molecule has 0 radical (unpaired) electrons. The Bertz CT molecular complexity index is 862. The van der Waals surface area contributed by atoms with Crippen molar-refractivity contribution in [3.05, 3.63) is 27.7 Å².